The summed E-state index contributed by atoms with van der Waals surface area (Å²) in [6, 6.07) is 1.93. The summed E-state index contributed by atoms with van der Waals surface area (Å²) in [5, 5.41) is 0. The minimum Gasteiger partial charge on any atom is -0.324 e. The molecular formula is C8H13N3. The molecule has 1 heterocycles. The maximum atomic E-state index is 5.39. The number of nitrogens with two attached hydrogens (primary N) is 1. The molecule has 0 unspecified atom stereocenters. The van der Waals surface area contributed by atoms with E-state index in [4.69, 9.17) is 5.73 Å². The zero-order valence-electron chi connectivity index (χ0n) is 6.75. The van der Waals surface area contributed by atoms with E-state index in [0.29, 0.717) is 6.54 Å². The Morgan fingerprint density at radius 1 is 1.55 bits per heavy atom. The van der Waals surface area contributed by atoms with Crippen LogP contribution < -0.4 is 5.73 Å². The number of hydrogen-bond acceptors (Lipinski definition) is 3. The molecule has 0 spiro atoms. The molecule has 0 bridgehead atoms. The third-order valence-corrected chi connectivity index (χ3v) is 1.45. The monoisotopic (exact) mass is 151 g/mol. The highest BCUT2D eigenvalue weighted by molar-refractivity contribution is 5.02. The standard InChI is InChI=1S/C8H13N3/c1-2-3-7-4-5-10-8(6-9)11-7/h4-5H,2-3,6,9H2,1H3. The van der Waals surface area contributed by atoms with Crippen LogP contribution in [-0.2, 0) is 13.0 Å². The summed E-state index contributed by atoms with van der Waals surface area (Å²) in [5.41, 5.74) is 6.48. The normalized spacial score (nSPS) is 10.0. The third-order valence-electron chi connectivity index (χ3n) is 1.45. The first-order chi connectivity index (χ1) is 5.36. The lowest BCUT2D eigenvalue weighted by Crippen LogP contribution is -2.04. The van der Waals surface area contributed by atoms with Crippen molar-refractivity contribution >= 4 is 0 Å². The van der Waals surface area contributed by atoms with Crippen molar-refractivity contribution in [2.45, 2.75) is 26.3 Å². The van der Waals surface area contributed by atoms with Crippen LogP contribution in [0.3, 0.4) is 0 Å². The number of aromatic nitrogens is 2. The summed E-state index contributed by atoms with van der Waals surface area (Å²) < 4.78 is 0. The Labute approximate surface area is 66.7 Å². The summed E-state index contributed by atoms with van der Waals surface area (Å²) in [6.07, 6.45) is 3.89. The summed E-state index contributed by atoms with van der Waals surface area (Å²) in [6.45, 7) is 2.56. The Kier molecular flexibility index (Phi) is 2.98. The zero-order chi connectivity index (χ0) is 8.10. The van der Waals surface area contributed by atoms with Crippen molar-refractivity contribution in [1.82, 2.24) is 9.97 Å². The summed E-state index contributed by atoms with van der Waals surface area (Å²) in [4.78, 5) is 8.25. The Morgan fingerprint density at radius 3 is 3.00 bits per heavy atom. The second-order valence-electron chi connectivity index (χ2n) is 2.42. The zero-order valence-corrected chi connectivity index (χ0v) is 6.75. The predicted octanol–water partition coefficient (Wildman–Crippen LogP) is 0.888. The van der Waals surface area contributed by atoms with Crippen LogP contribution in [0.2, 0.25) is 0 Å². The highest BCUT2D eigenvalue weighted by Crippen LogP contribution is 1.98. The van der Waals surface area contributed by atoms with Gasteiger partial charge in [-0.25, -0.2) is 9.97 Å². The number of aryl methyl sites for hydroxylation is 1. The summed E-state index contributed by atoms with van der Waals surface area (Å²) in [7, 11) is 0. The summed E-state index contributed by atoms with van der Waals surface area (Å²) in [5.74, 6) is 0.732. The van der Waals surface area contributed by atoms with Gasteiger partial charge in [0, 0.05) is 11.9 Å². The second kappa shape index (κ2) is 4.03. The fraction of sp³-hybridized carbons (Fsp3) is 0.500. The van der Waals surface area contributed by atoms with Crippen LogP contribution in [0, 0.1) is 0 Å². The van der Waals surface area contributed by atoms with Gasteiger partial charge in [-0.05, 0) is 12.5 Å². The minimum atomic E-state index is 0.428. The molecule has 60 valence electrons. The number of rotatable bonds is 3. The molecule has 0 aliphatic rings. The van der Waals surface area contributed by atoms with E-state index < -0.39 is 0 Å². The lowest BCUT2D eigenvalue weighted by atomic mass is 10.2. The first kappa shape index (κ1) is 8.14. The Morgan fingerprint density at radius 2 is 2.36 bits per heavy atom. The average Bonchev–Trinajstić information content (AvgIpc) is 2.06. The fourth-order valence-electron chi connectivity index (χ4n) is 0.935. The molecule has 2 N–H and O–H groups in total. The third kappa shape index (κ3) is 2.27. The predicted molar refractivity (Wildman–Crippen MR) is 43.9 cm³/mol. The first-order valence-electron chi connectivity index (χ1n) is 3.87. The van der Waals surface area contributed by atoms with Crippen LogP contribution >= 0.6 is 0 Å². The van der Waals surface area contributed by atoms with Gasteiger partial charge < -0.3 is 5.73 Å². The molecule has 0 radical (unpaired) electrons. The van der Waals surface area contributed by atoms with E-state index in [1.807, 2.05) is 6.07 Å². The van der Waals surface area contributed by atoms with Crippen LogP contribution in [0.5, 0.6) is 0 Å². The van der Waals surface area contributed by atoms with Gasteiger partial charge in [0.25, 0.3) is 0 Å². The molecule has 1 aromatic rings. The van der Waals surface area contributed by atoms with E-state index in [9.17, 15) is 0 Å². The highest BCUT2D eigenvalue weighted by Gasteiger charge is 1.94. The molecule has 0 aliphatic heterocycles. The Hall–Kier alpha value is -0.960. The van der Waals surface area contributed by atoms with E-state index in [1.165, 1.54) is 0 Å². The van der Waals surface area contributed by atoms with E-state index in [1.54, 1.807) is 6.20 Å². The van der Waals surface area contributed by atoms with Gasteiger partial charge in [-0.2, -0.15) is 0 Å². The van der Waals surface area contributed by atoms with Crippen molar-refractivity contribution in [3.8, 4) is 0 Å². The second-order valence-corrected chi connectivity index (χ2v) is 2.42. The highest BCUT2D eigenvalue weighted by atomic mass is 14.9. The van der Waals surface area contributed by atoms with Gasteiger partial charge in [-0.1, -0.05) is 13.3 Å². The number of hydrogen-bond donors (Lipinski definition) is 1. The van der Waals surface area contributed by atoms with E-state index in [0.717, 1.165) is 24.4 Å². The van der Waals surface area contributed by atoms with Gasteiger partial charge in [0.1, 0.15) is 5.82 Å². The van der Waals surface area contributed by atoms with Crippen molar-refractivity contribution < 1.29 is 0 Å². The minimum absolute atomic E-state index is 0.428. The molecule has 1 rings (SSSR count). The average molecular weight is 151 g/mol. The van der Waals surface area contributed by atoms with E-state index >= 15 is 0 Å². The van der Waals surface area contributed by atoms with Crippen LogP contribution in [-0.4, -0.2) is 9.97 Å². The first-order valence-corrected chi connectivity index (χ1v) is 3.87. The summed E-state index contributed by atoms with van der Waals surface area (Å²) >= 11 is 0. The molecule has 0 aliphatic carbocycles. The van der Waals surface area contributed by atoms with Crippen molar-refractivity contribution in [2.24, 2.45) is 5.73 Å². The fourth-order valence-corrected chi connectivity index (χ4v) is 0.935. The molecule has 0 atom stereocenters. The van der Waals surface area contributed by atoms with Crippen LogP contribution in [0.4, 0.5) is 0 Å². The maximum Gasteiger partial charge on any atom is 0.142 e. The van der Waals surface area contributed by atoms with Crippen LogP contribution in [0.25, 0.3) is 0 Å². The van der Waals surface area contributed by atoms with Crippen LogP contribution in [0.15, 0.2) is 12.3 Å². The van der Waals surface area contributed by atoms with Crippen LogP contribution in [0.1, 0.15) is 24.9 Å². The lowest BCUT2D eigenvalue weighted by Gasteiger charge is -1.98. The molecule has 0 amide bonds. The van der Waals surface area contributed by atoms with Gasteiger partial charge in [0.15, 0.2) is 0 Å². The quantitative estimate of drug-likeness (QED) is 0.698. The molecule has 3 nitrogen and oxygen atoms in total. The molecular weight excluding hydrogens is 138 g/mol. The molecule has 11 heavy (non-hydrogen) atoms. The van der Waals surface area contributed by atoms with Crippen molar-refractivity contribution in [2.75, 3.05) is 0 Å². The van der Waals surface area contributed by atoms with Gasteiger partial charge in [0.05, 0.1) is 6.54 Å². The lowest BCUT2D eigenvalue weighted by molar-refractivity contribution is 0.824. The van der Waals surface area contributed by atoms with Gasteiger partial charge in [-0.15, -0.1) is 0 Å². The maximum absolute atomic E-state index is 5.39. The topological polar surface area (TPSA) is 51.8 Å². The molecule has 3 heteroatoms. The molecule has 1 aromatic heterocycles. The van der Waals surface area contributed by atoms with E-state index in [-0.39, 0.29) is 0 Å². The largest absolute Gasteiger partial charge is 0.324 e. The van der Waals surface area contributed by atoms with Gasteiger partial charge >= 0.3 is 0 Å². The van der Waals surface area contributed by atoms with Gasteiger partial charge in [-0.3, -0.25) is 0 Å². The SMILES string of the molecule is CCCc1ccnc(CN)n1. The van der Waals surface area contributed by atoms with E-state index in [2.05, 4.69) is 16.9 Å². The van der Waals surface area contributed by atoms with Crippen molar-refractivity contribution in [3.63, 3.8) is 0 Å². The Balaban J connectivity index is 2.74. The smallest absolute Gasteiger partial charge is 0.142 e. The van der Waals surface area contributed by atoms with Gasteiger partial charge in [0.2, 0.25) is 0 Å². The molecule has 0 fully saturated rings. The molecule has 0 aromatic carbocycles. The Bertz CT molecular complexity index is 222. The van der Waals surface area contributed by atoms with Crippen molar-refractivity contribution in [1.29, 1.82) is 0 Å². The van der Waals surface area contributed by atoms with Crippen molar-refractivity contribution in [3.05, 3.63) is 23.8 Å². The number of nitrogens with zero attached hydrogens (tertiary/aromatic N) is 2. The molecule has 0 saturated carbocycles. The molecule has 0 saturated heterocycles.